The molecule has 22 heteroatoms. The Kier molecular flexibility index (Phi) is 6.98. The van der Waals surface area contributed by atoms with Gasteiger partial charge in [-0.15, -0.1) is 10.2 Å². The smallest absolute Gasteiger partial charge is 0.423 e. The Balaban J connectivity index is 1.54. The molecular formula is C14H19N6O13P3. The second kappa shape index (κ2) is 9.33. The number of phosphoric ester groups is 1. The lowest BCUT2D eigenvalue weighted by Crippen LogP contribution is -2.31. The van der Waals surface area contributed by atoms with Gasteiger partial charge >= 0.3 is 23.5 Å². The van der Waals surface area contributed by atoms with Crippen molar-refractivity contribution in [2.24, 2.45) is 0 Å². The summed E-state index contributed by atoms with van der Waals surface area (Å²) in [5.74, 6) is 0.163. The van der Waals surface area contributed by atoms with E-state index in [1.54, 1.807) is 0 Å². The zero-order chi connectivity index (χ0) is 26.5. The minimum Gasteiger partial charge on any atom is -0.423 e. The lowest BCUT2D eigenvalue weighted by Gasteiger charge is -2.25. The summed E-state index contributed by atoms with van der Waals surface area (Å²) < 4.78 is 58.6. The van der Waals surface area contributed by atoms with E-state index in [0.29, 0.717) is 10.9 Å². The SMILES string of the molecule is CC1(O)CC(COP(=O)(O)OP(=O)(O)OP(=O)(O)O)OC1n1cc(-c2nnco2)c2c(N)ncnc21. The normalized spacial score (nSPS) is 26.2. The molecule has 0 saturated carbocycles. The molecule has 0 aliphatic carbocycles. The molecule has 36 heavy (non-hydrogen) atoms. The van der Waals surface area contributed by atoms with E-state index in [1.165, 1.54) is 24.0 Å². The van der Waals surface area contributed by atoms with E-state index in [9.17, 15) is 28.6 Å². The number of phosphoric acid groups is 3. The third kappa shape index (κ3) is 5.89. The summed E-state index contributed by atoms with van der Waals surface area (Å²) in [5.41, 5.74) is 4.97. The summed E-state index contributed by atoms with van der Waals surface area (Å²) in [6.07, 6.45) is 1.37. The zero-order valence-electron chi connectivity index (χ0n) is 18.0. The molecule has 4 heterocycles. The van der Waals surface area contributed by atoms with E-state index in [0.717, 1.165) is 6.39 Å². The Bertz CT molecular complexity index is 1400. The standard InChI is InChI=1S/C14H19N6O13P3/c1-14(21)2-7(4-30-35(25,26)33-36(27,28)32-34(22,23)24)31-13(14)20-3-8(12-19-18-6-29-12)9-10(15)16-5-17-11(9)20/h3,5-7,13,21H,2,4H2,1H3,(H,25,26)(H,27,28)(H2,15,16,17)(H2,22,23,24). The number of aromatic nitrogens is 5. The van der Waals surface area contributed by atoms with Crippen molar-refractivity contribution < 1.29 is 60.7 Å². The van der Waals surface area contributed by atoms with Crippen molar-refractivity contribution in [3.8, 4) is 11.5 Å². The molecule has 5 unspecified atom stereocenters. The number of fused-ring (bicyclic) bond motifs is 1. The fourth-order valence-electron chi connectivity index (χ4n) is 3.62. The molecule has 198 valence electrons. The number of ether oxygens (including phenoxy) is 1. The van der Waals surface area contributed by atoms with Crippen LogP contribution in [0.4, 0.5) is 5.82 Å². The lowest BCUT2D eigenvalue weighted by atomic mass is 10.0. The number of hydrogen-bond acceptors (Lipinski definition) is 14. The first-order valence-electron chi connectivity index (χ1n) is 9.61. The maximum atomic E-state index is 12.0. The Hall–Kier alpha value is -2.11. The fraction of sp³-hybridized carbons (Fsp3) is 0.429. The topological polar surface area (TPSA) is 285 Å². The summed E-state index contributed by atoms with van der Waals surface area (Å²) in [4.78, 5) is 44.2. The Morgan fingerprint density at radius 2 is 1.92 bits per heavy atom. The fourth-order valence-corrected chi connectivity index (χ4v) is 6.67. The largest absolute Gasteiger partial charge is 0.490 e. The number of rotatable bonds is 9. The molecule has 0 spiro atoms. The molecule has 1 saturated heterocycles. The number of nitrogens with zero attached hydrogens (tertiary/aromatic N) is 5. The molecule has 4 rings (SSSR count). The van der Waals surface area contributed by atoms with Crippen LogP contribution in [0.1, 0.15) is 19.6 Å². The predicted molar refractivity (Wildman–Crippen MR) is 114 cm³/mol. The van der Waals surface area contributed by atoms with E-state index in [2.05, 4.69) is 33.3 Å². The van der Waals surface area contributed by atoms with Crippen molar-refractivity contribution >= 4 is 40.3 Å². The Morgan fingerprint density at radius 1 is 1.19 bits per heavy atom. The molecule has 0 aromatic carbocycles. The van der Waals surface area contributed by atoms with Gasteiger partial charge in [0.05, 0.1) is 23.7 Å². The summed E-state index contributed by atoms with van der Waals surface area (Å²) in [5, 5.41) is 18.8. The van der Waals surface area contributed by atoms with Gasteiger partial charge in [-0.3, -0.25) is 4.52 Å². The van der Waals surface area contributed by atoms with E-state index >= 15 is 0 Å². The van der Waals surface area contributed by atoms with Gasteiger partial charge in [-0.25, -0.2) is 23.7 Å². The number of nitrogens with two attached hydrogens (primary N) is 1. The second-order valence-electron chi connectivity index (χ2n) is 7.71. The van der Waals surface area contributed by atoms with Gasteiger partial charge in [0, 0.05) is 12.6 Å². The van der Waals surface area contributed by atoms with E-state index in [1.807, 2.05) is 0 Å². The average Bonchev–Trinajstić information content (AvgIpc) is 3.41. The molecule has 7 N–H and O–H groups in total. The molecule has 0 bridgehead atoms. The van der Waals surface area contributed by atoms with Crippen molar-refractivity contribution in [2.45, 2.75) is 31.3 Å². The van der Waals surface area contributed by atoms with Gasteiger partial charge in [0.15, 0.2) is 6.23 Å². The summed E-state index contributed by atoms with van der Waals surface area (Å²) in [7, 11) is -16.6. The van der Waals surface area contributed by atoms with Crippen molar-refractivity contribution in [3.05, 3.63) is 18.9 Å². The highest BCUT2D eigenvalue weighted by Gasteiger charge is 2.47. The molecule has 3 aromatic heterocycles. The first-order valence-corrected chi connectivity index (χ1v) is 14.1. The summed E-state index contributed by atoms with van der Waals surface area (Å²) in [6.45, 7) is 0.661. The molecular weight excluding hydrogens is 553 g/mol. The molecule has 5 atom stereocenters. The second-order valence-corrected chi connectivity index (χ2v) is 12.1. The summed E-state index contributed by atoms with van der Waals surface area (Å²) in [6, 6.07) is 0. The van der Waals surface area contributed by atoms with Gasteiger partial charge in [-0.2, -0.15) is 8.62 Å². The number of anilines is 1. The van der Waals surface area contributed by atoms with Crippen LogP contribution in [0, 0.1) is 0 Å². The highest BCUT2D eigenvalue weighted by molar-refractivity contribution is 7.66. The number of aliphatic hydroxyl groups is 1. The van der Waals surface area contributed by atoms with Crippen molar-refractivity contribution in [3.63, 3.8) is 0 Å². The molecule has 19 nitrogen and oxygen atoms in total. The number of nitrogen functional groups attached to an aromatic ring is 1. The molecule has 1 aliphatic heterocycles. The van der Waals surface area contributed by atoms with Crippen LogP contribution in [0.5, 0.6) is 0 Å². The van der Waals surface area contributed by atoms with Crippen LogP contribution in [-0.2, 0) is 31.6 Å². The maximum Gasteiger partial charge on any atom is 0.490 e. The summed E-state index contributed by atoms with van der Waals surface area (Å²) >= 11 is 0. The van der Waals surface area contributed by atoms with Crippen molar-refractivity contribution in [1.29, 1.82) is 0 Å². The van der Waals surface area contributed by atoms with Gasteiger partial charge in [0.2, 0.25) is 12.3 Å². The minimum absolute atomic E-state index is 0.0776. The first kappa shape index (κ1) is 26.9. The van der Waals surface area contributed by atoms with E-state index in [-0.39, 0.29) is 23.8 Å². The lowest BCUT2D eigenvalue weighted by molar-refractivity contribution is -0.0846. The van der Waals surface area contributed by atoms with Crippen LogP contribution in [0.3, 0.4) is 0 Å². The molecule has 1 fully saturated rings. The highest BCUT2D eigenvalue weighted by atomic mass is 31.3. The first-order chi connectivity index (χ1) is 16.6. The van der Waals surface area contributed by atoms with Crippen molar-refractivity contribution in [2.75, 3.05) is 12.3 Å². The molecule has 1 aliphatic rings. The highest BCUT2D eigenvalue weighted by Crippen LogP contribution is 2.66. The Labute approximate surface area is 200 Å². The molecule has 3 aromatic rings. The predicted octanol–water partition coefficient (Wildman–Crippen LogP) is 0.445. The van der Waals surface area contributed by atoms with Crippen LogP contribution in [0.15, 0.2) is 23.3 Å². The third-order valence-corrected chi connectivity index (χ3v) is 8.62. The minimum atomic E-state index is -5.68. The maximum absolute atomic E-state index is 12.0. The van der Waals surface area contributed by atoms with Gasteiger partial charge in [-0.1, -0.05) is 0 Å². The third-order valence-electron chi connectivity index (χ3n) is 4.82. The van der Waals surface area contributed by atoms with E-state index < -0.39 is 48.0 Å². The average molecular weight is 572 g/mol. The van der Waals surface area contributed by atoms with Gasteiger partial charge in [0.25, 0.3) is 0 Å². The van der Waals surface area contributed by atoms with Crippen LogP contribution < -0.4 is 5.73 Å². The van der Waals surface area contributed by atoms with Gasteiger partial charge < -0.3 is 44.1 Å². The van der Waals surface area contributed by atoms with Crippen molar-refractivity contribution in [1.82, 2.24) is 24.7 Å². The van der Waals surface area contributed by atoms with Gasteiger partial charge in [0.1, 0.15) is 23.4 Å². The van der Waals surface area contributed by atoms with E-state index in [4.69, 9.17) is 24.7 Å². The quantitative estimate of drug-likeness (QED) is 0.190. The zero-order valence-corrected chi connectivity index (χ0v) is 20.6. The Morgan fingerprint density at radius 3 is 2.56 bits per heavy atom. The van der Waals surface area contributed by atoms with Crippen LogP contribution >= 0.6 is 23.5 Å². The van der Waals surface area contributed by atoms with Crippen LogP contribution in [0.2, 0.25) is 0 Å². The van der Waals surface area contributed by atoms with Crippen LogP contribution in [0.25, 0.3) is 22.5 Å². The number of hydrogen-bond donors (Lipinski definition) is 6. The molecule has 0 radical (unpaired) electrons. The van der Waals surface area contributed by atoms with Gasteiger partial charge in [-0.05, 0) is 6.92 Å². The van der Waals surface area contributed by atoms with Crippen LogP contribution in [-0.4, -0.2) is 67.7 Å². The monoisotopic (exact) mass is 572 g/mol. The molecule has 0 amide bonds.